The van der Waals surface area contributed by atoms with E-state index in [-0.39, 0.29) is 29.0 Å². The third kappa shape index (κ3) is 3.14. The summed E-state index contributed by atoms with van der Waals surface area (Å²) in [7, 11) is 0. The smallest absolute Gasteiger partial charge is 0.268 e. The van der Waals surface area contributed by atoms with Gasteiger partial charge in [0.1, 0.15) is 5.56 Å². The van der Waals surface area contributed by atoms with E-state index in [9.17, 15) is 9.59 Å². The summed E-state index contributed by atoms with van der Waals surface area (Å²) in [6, 6.07) is 13.6. The largest absolute Gasteiger partial charge is 0.356 e. The summed E-state index contributed by atoms with van der Waals surface area (Å²) in [5.74, 6) is -0.0237. The molecular weight excluding hydrogens is 400 g/mol. The van der Waals surface area contributed by atoms with Crippen LogP contribution in [-0.2, 0) is 6.42 Å². The molecule has 0 aliphatic carbocycles. The Hall–Kier alpha value is -3.67. The van der Waals surface area contributed by atoms with Crippen LogP contribution in [0.1, 0.15) is 47.1 Å². The first-order valence-electron chi connectivity index (χ1n) is 11.0. The molecule has 0 spiro atoms. The second-order valence-electron chi connectivity index (χ2n) is 8.76. The van der Waals surface area contributed by atoms with Crippen molar-refractivity contribution >= 4 is 16.8 Å². The van der Waals surface area contributed by atoms with Crippen molar-refractivity contribution in [1.29, 1.82) is 0 Å². The molecule has 0 saturated heterocycles. The highest BCUT2D eigenvalue weighted by atomic mass is 16.2. The first-order valence-corrected chi connectivity index (χ1v) is 11.0. The SMILES string of the molecule is Cc1ccn(-c2cccnc2)c(=O)c1C(=O)N1CCc2c([nH]c3ccccc23)C1C(C)C. The Kier molecular flexibility index (Phi) is 4.93. The summed E-state index contributed by atoms with van der Waals surface area (Å²) in [5, 5.41) is 1.22. The zero-order chi connectivity index (χ0) is 22.4. The number of benzene rings is 1. The van der Waals surface area contributed by atoms with Crippen LogP contribution in [0.3, 0.4) is 0 Å². The Labute approximate surface area is 186 Å². The van der Waals surface area contributed by atoms with Crippen LogP contribution in [0.4, 0.5) is 0 Å². The maximum Gasteiger partial charge on any atom is 0.268 e. The molecule has 6 nitrogen and oxygen atoms in total. The standard InChI is InChI=1S/C26H26N4O2/c1-16(2)24-23-20(19-8-4-5-9-21(19)28-23)11-14-30(24)26(32)22-17(3)10-13-29(25(22)31)18-7-6-12-27-15-18/h4-10,12-13,15-16,24,28H,11,14H2,1-3H3. The number of rotatable bonds is 3. The van der Waals surface area contributed by atoms with Crippen molar-refractivity contribution in [2.45, 2.75) is 33.2 Å². The van der Waals surface area contributed by atoms with Gasteiger partial charge in [-0.1, -0.05) is 32.0 Å². The molecule has 4 heterocycles. The van der Waals surface area contributed by atoms with Gasteiger partial charge in [0.15, 0.2) is 0 Å². The molecule has 162 valence electrons. The number of carbonyl (C=O) groups is 1. The molecule has 1 aliphatic rings. The van der Waals surface area contributed by atoms with Gasteiger partial charge >= 0.3 is 0 Å². The minimum absolute atomic E-state index is 0.121. The van der Waals surface area contributed by atoms with E-state index >= 15 is 0 Å². The van der Waals surface area contributed by atoms with Gasteiger partial charge in [0.2, 0.25) is 0 Å². The van der Waals surface area contributed by atoms with Gasteiger partial charge < -0.3 is 9.88 Å². The molecule has 1 aliphatic heterocycles. The fourth-order valence-electron chi connectivity index (χ4n) is 4.92. The summed E-state index contributed by atoms with van der Waals surface area (Å²) >= 11 is 0. The van der Waals surface area contributed by atoms with E-state index in [1.807, 2.05) is 36.1 Å². The molecule has 0 saturated carbocycles. The molecular formula is C26H26N4O2. The number of fused-ring (bicyclic) bond motifs is 3. The van der Waals surface area contributed by atoms with Crippen molar-refractivity contribution in [1.82, 2.24) is 19.4 Å². The Balaban J connectivity index is 1.61. The highest BCUT2D eigenvalue weighted by molar-refractivity contribution is 5.96. The second-order valence-corrected chi connectivity index (χ2v) is 8.76. The minimum atomic E-state index is -0.312. The quantitative estimate of drug-likeness (QED) is 0.527. The lowest BCUT2D eigenvalue weighted by Crippen LogP contribution is -2.44. The van der Waals surface area contributed by atoms with Gasteiger partial charge in [0.25, 0.3) is 11.5 Å². The fraction of sp³-hybridized carbons (Fsp3) is 0.269. The van der Waals surface area contributed by atoms with Crippen LogP contribution in [0.15, 0.2) is 65.8 Å². The predicted octanol–water partition coefficient (Wildman–Crippen LogP) is 4.42. The number of nitrogens with one attached hydrogen (secondary N) is 1. The molecule has 1 atom stereocenters. The summed E-state index contributed by atoms with van der Waals surface area (Å²) < 4.78 is 1.50. The van der Waals surface area contributed by atoms with Gasteiger partial charge in [-0.2, -0.15) is 0 Å². The van der Waals surface area contributed by atoms with Crippen LogP contribution in [0.5, 0.6) is 0 Å². The Morgan fingerprint density at radius 1 is 1.16 bits per heavy atom. The van der Waals surface area contributed by atoms with E-state index in [2.05, 4.69) is 35.9 Å². The number of hydrogen-bond acceptors (Lipinski definition) is 3. The number of pyridine rings is 2. The molecule has 1 aromatic carbocycles. The van der Waals surface area contributed by atoms with Gasteiger partial charge in [-0.25, -0.2) is 0 Å². The lowest BCUT2D eigenvalue weighted by Gasteiger charge is -2.38. The summed E-state index contributed by atoms with van der Waals surface area (Å²) in [6.45, 7) is 6.65. The van der Waals surface area contributed by atoms with Crippen molar-refractivity contribution < 1.29 is 4.79 Å². The molecule has 0 bridgehead atoms. The average Bonchev–Trinajstić information content (AvgIpc) is 3.17. The van der Waals surface area contributed by atoms with Crippen molar-refractivity contribution in [2.75, 3.05) is 6.54 Å². The zero-order valence-electron chi connectivity index (χ0n) is 18.5. The van der Waals surface area contributed by atoms with Gasteiger partial charge in [0, 0.05) is 35.5 Å². The Bertz CT molecular complexity index is 1370. The van der Waals surface area contributed by atoms with Gasteiger partial charge in [0.05, 0.1) is 17.9 Å². The van der Waals surface area contributed by atoms with Crippen LogP contribution < -0.4 is 5.56 Å². The number of amides is 1. The average molecular weight is 427 g/mol. The van der Waals surface area contributed by atoms with E-state index in [0.717, 1.165) is 17.6 Å². The lowest BCUT2D eigenvalue weighted by atomic mass is 9.89. The summed E-state index contributed by atoms with van der Waals surface area (Å²) in [4.78, 5) is 36.8. The van der Waals surface area contributed by atoms with Crippen LogP contribution in [0.25, 0.3) is 16.6 Å². The molecule has 1 N–H and O–H groups in total. The maximum absolute atomic E-state index is 13.8. The van der Waals surface area contributed by atoms with Gasteiger partial charge in [-0.15, -0.1) is 0 Å². The number of aromatic amines is 1. The number of aromatic nitrogens is 3. The highest BCUT2D eigenvalue weighted by Crippen LogP contribution is 2.39. The minimum Gasteiger partial charge on any atom is -0.356 e. The Morgan fingerprint density at radius 2 is 1.97 bits per heavy atom. The fourth-order valence-corrected chi connectivity index (χ4v) is 4.92. The molecule has 3 aromatic heterocycles. The number of H-pyrrole nitrogens is 1. The third-order valence-corrected chi connectivity index (χ3v) is 6.41. The molecule has 0 fully saturated rings. The number of hydrogen-bond donors (Lipinski definition) is 1. The van der Waals surface area contributed by atoms with Crippen molar-refractivity contribution in [3.05, 3.63) is 93.8 Å². The number of carbonyl (C=O) groups excluding carboxylic acids is 1. The van der Waals surface area contributed by atoms with Crippen molar-refractivity contribution in [3.8, 4) is 5.69 Å². The molecule has 5 rings (SSSR count). The number of nitrogens with zero attached hydrogens (tertiary/aromatic N) is 3. The van der Waals surface area contributed by atoms with E-state index < -0.39 is 0 Å². The van der Waals surface area contributed by atoms with E-state index in [1.54, 1.807) is 24.7 Å². The Morgan fingerprint density at radius 3 is 2.72 bits per heavy atom. The zero-order valence-corrected chi connectivity index (χ0v) is 18.5. The molecule has 4 aromatic rings. The molecule has 32 heavy (non-hydrogen) atoms. The van der Waals surface area contributed by atoms with Crippen molar-refractivity contribution in [2.24, 2.45) is 5.92 Å². The topological polar surface area (TPSA) is 71.0 Å². The van der Waals surface area contributed by atoms with E-state index in [0.29, 0.717) is 17.8 Å². The van der Waals surface area contributed by atoms with Gasteiger partial charge in [-0.05, 0) is 54.7 Å². The number of aryl methyl sites for hydroxylation is 1. The normalized spacial score (nSPS) is 15.9. The monoisotopic (exact) mass is 426 g/mol. The molecule has 6 heteroatoms. The number of para-hydroxylation sites is 1. The summed E-state index contributed by atoms with van der Waals surface area (Å²) in [5.41, 5.74) is 4.69. The van der Waals surface area contributed by atoms with Crippen LogP contribution in [0, 0.1) is 12.8 Å². The molecule has 1 amide bonds. The van der Waals surface area contributed by atoms with E-state index in [1.165, 1.54) is 15.5 Å². The molecule has 1 unspecified atom stereocenters. The lowest BCUT2D eigenvalue weighted by molar-refractivity contribution is 0.0595. The third-order valence-electron chi connectivity index (χ3n) is 6.41. The van der Waals surface area contributed by atoms with Gasteiger partial charge in [-0.3, -0.25) is 19.1 Å². The predicted molar refractivity (Wildman–Crippen MR) is 125 cm³/mol. The van der Waals surface area contributed by atoms with Crippen LogP contribution in [0.2, 0.25) is 0 Å². The summed E-state index contributed by atoms with van der Waals surface area (Å²) in [6.07, 6.45) is 5.75. The first kappa shape index (κ1) is 20.2. The van der Waals surface area contributed by atoms with Crippen molar-refractivity contribution in [3.63, 3.8) is 0 Å². The van der Waals surface area contributed by atoms with Crippen LogP contribution in [-0.4, -0.2) is 31.9 Å². The molecule has 0 radical (unpaired) electrons. The maximum atomic E-state index is 13.8. The van der Waals surface area contributed by atoms with Crippen LogP contribution >= 0.6 is 0 Å². The highest BCUT2D eigenvalue weighted by Gasteiger charge is 2.37. The second kappa shape index (κ2) is 7.79. The first-order chi connectivity index (χ1) is 15.5. The van der Waals surface area contributed by atoms with E-state index in [4.69, 9.17) is 0 Å².